The van der Waals surface area contributed by atoms with Crippen LogP contribution in [-0.4, -0.2) is 25.4 Å². The molecule has 0 spiro atoms. The van der Waals surface area contributed by atoms with Crippen molar-refractivity contribution in [2.24, 2.45) is 10.8 Å². The second-order valence-corrected chi connectivity index (χ2v) is 14.1. The van der Waals surface area contributed by atoms with Crippen LogP contribution in [-0.2, 0) is 24.9 Å². The molecule has 7 rings (SSSR count). The molecular formula is C46H48IrN3O2-. The van der Waals surface area contributed by atoms with E-state index in [0.717, 1.165) is 70.4 Å². The number of aryl methyl sites for hydroxylation is 1. The minimum Gasteiger partial charge on any atom is -0.512 e. The van der Waals surface area contributed by atoms with Gasteiger partial charge in [-0.25, -0.2) is 4.98 Å². The van der Waals surface area contributed by atoms with Gasteiger partial charge in [-0.2, -0.15) is 0 Å². The van der Waals surface area contributed by atoms with Gasteiger partial charge in [0.2, 0.25) is 0 Å². The Kier molecular flexibility index (Phi) is 11.8. The fourth-order valence-corrected chi connectivity index (χ4v) is 6.68. The molecule has 0 aliphatic carbocycles. The van der Waals surface area contributed by atoms with Gasteiger partial charge < -0.3 is 5.11 Å². The molecule has 0 unspecified atom stereocenters. The minimum absolute atomic E-state index is 0. The van der Waals surface area contributed by atoms with Crippen LogP contribution in [0.4, 0.5) is 0 Å². The molecule has 5 aromatic carbocycles. The third kappa shape index (κ3) is 7.33. The van der Waals surface area contributed by atoms with Crippen molar-refractivity contribution in [2.75, 3.05) is 0 Å². The van der Waals surface area contributed by atoms with Gasteiger partial charge >= 0.3 is 0 Å². The smallest absolute Gasteiger partial charge is 0.164 e. The number of carbonyl (C=O) groups excluding carboxylic acids is 1. The van der Waals surface area contributed by atoms with E-state index in [1.165, 1.54) is 27.6 Å². The van der Waals surface area contributed by atoms with E-state index >= 15 is 0 Å². The average Bonchev–Trinajstić information content (AvgIpc) is 3.48. The predicted molar refractivity (Wildman–Crippen MR) is 213 cm³/mol. The van der Waals surface area contributed by atoms with Crippen molar-refractivity contribution in [3.05, 3.63) is 127 Å². The van der Waals surface area contributed by atoms with Crippen molar-refractivity contribution < 1.29 is 30.0 Å². The zero-order chi connectivity index (χ0) is 36.3. The summed E-state index contributed by atoms with van der Waals surface area (Å²) >= 11 is 0. The summed E-state index contributed by atoms with van der Waals surface area (Å²) in [6.45, 7) is 14.0. The summed E-state index contributed by atoms with van der Waals surface area (Å²) in [5.74, 6) is 1.03. The van der Waals surface area contributed by atoms with E-state index in [2.05, 4.69) is 108 Å². The number of carbonyl (C=O) groups is 1. The molecule has 0 atom stereocenters. The van der Waals surface area contributed by atoms with Gasteiger partial charge in [0.1, 0.15) is 17.2 Å². The van der Waals surface area contributed by atoms with Crippen molar-refractivity contribution >= 4 is 49.3 Å². The quantitative estimate of drug-likeness (QED) is 0.0892. The summed E-state index contributed by atoms with van der Waals surface area (Å²) in [6, 6.07) is 39.6. The van der Waals surface area contributed by atoms with E-state index in [-0.39, 0.29) is 42.5 Å². The maximum absolute atomic E-state index is 12.2. The van der Waals surface area contributed by atoms with Crippen molar-refractivity contribution in [1.29, 1.82) is 0 Å². The van der Waals surface area contributed by atoms with Crippen LogP contribution < -0.4 is 0 Å². The number of hydrogen-bond acceptors (Lipinski definition) is 4. The summed E-state index contributed by atoms with van der Waals surface area (Å²) in [4.78, 5) is 22.1. The van der Waals surface area contributed by atoms with E-state index < -0.39 is 0 Å². The maximum Gasteiger partial charge on any atom is 0.164 e. The number of allylic oxidation sites excluding steroid dienone is 2. The SMILES string of the molecule is CCC(C)(CC)C(=O)/C=C(\O)C(C)(CC)CC.Cc1nc(-c2[c-]cc3ccccc3c2)c2c3cc4ccccc4cc3n(-c3ccccc3)c2n1.[Ir]. The number of para-hydroxylation sites is 1. The van der Waals surface area contributed by atoms with Gasteiger partial charge in [0.25, 0.3) is 0 Å². The fourth-order valence-electron chi connectivity index (χ4n) is 6.68. The Morgan fingerprint density at radius 1 is 0.750 bits per heavy atom. The maximum atomic E-state index is 12.2. The number of aromatic nitrogens is 3. The normalized spacial score (nSPS) is 12.2. The number of fused-ring (bicyclic) bond motifs is 5. The summed E-state index contributed by atoms with van der Waals surface area (Å²) in [5.41, 5.74) is 4.43. The van der Waals surface area contributed by atoms with Gasteiger partial charge in [0.15, 0.2) is 5.78 Å². The second kappa shape index (κ2) is 15.9. The average molecular weight is 867 g/mol. The van der Waals surface area contributed by atoms with Crippen LogP contribution in [0, 0.1) is 23.8 Å². The molecule has 52 heavy (non-hydrogen) atoms. The molecule has 1 radical (unpaired) electrons. The Bertz CT molecular complexity index is 2380. The van der Waals surface area contributed by atoms with Gasteiger partial charge in [0, 0.05) is 59.2 Å². The fraction of sp³-hybridized carbons (Fsp3) is 0.283. The topological polar surface area (TPSA) is 68.0 Å². The number of hydrogen-bond donors (Lipinski definition) is 1. The van der Waals surface area contributed by atoms with E-state index in [9.17, 15) is 9.90 Å². The molecule has 0 aliphatic heterocycles. The van der Waals surface area contributed by atoms with E-state index in [1.54, 1.807) is 0 Å². The van der Waals surface area contributed by atoms with Gasteiger partial charge in [-0.05, 0) is 67.6 Å². The predicted octanol–water partition coefficient (Wildman–Crippen LogP) is 12.3. The van der Waals surface area contributed by atoms with Crippen LogP contribution in [0.2, 0.25) is 0 Å². The molecule has 269 valence electrons. The summed E-state index contributed by atoms with van der Waals surface area (Å²) < 4.78 is 2.26. The molecule has 0 saturated heterocycles. The molecular weight excluding hydrogens is 819 g/mol. The largest absolute Gasteiger partial charge is 0.512 e. The third-order valence-corrected chi connectivity index (χ3v) is 11.1. The molecule has 0 fully saturated rings. The first-order valence-corrected chi connectivity index (χ1v) is 18.2. The Morgan fingerprint density at radius 2 is 1.29 bits per heavy atom. The standard InChI is InChI=1S/C31H20N3.C15H28O2.Ir/c1-20-32-30(25-16-15-21-9-5-6-10-22(21)17-25)29-27-18-23-11-7-8-12-24(23)19-28(27)34(31(29)33-20)26-13-3-2-4-14-26;1-7-14(5,8-2)12(16)11-13(17)15(6,9-3)10-4;/h2-15,17-19H,1H3;11,16H,7-10H2,1-6H3;/q-1;;/b;12-11-;. The van der Waals surface area contributed by atoms with Crippen molar-refractivity contribution in [3.63, 3.8) is 0 Å². The molecule has 0 bridgehead atoms. The first-order chi connectivity index (χ1) is 24.6. The van der Waals surface area contributed by atoms with Gasteiger partial charge in [-0.15, -0.1) is 29.1 Å². The number of aliphatic hydroxyl groups excluding tert-OH is 1. The Hall–Kier alpha value is -4.64. The van der Waals surface area contributed by atoms with Crippen LogP contribution in [0.15, 0.2) is 115 Å². The van der Waals surface area contributed by atoms with Crippen LogP contribution in [0.3, 0.4) is 0 Å². The molecule has 1 N–H and O–H groups in total. The minimum atomic E-state index is -0.337. The first-order valence-electron chi connectivity index (χ1n) is 18.2. The van der Waals surface area contributed by atoms with Crippen molar-refractivity contribution in [2.45, 2.75) is 74.1 Å². The van der Waals surface area contributed by atoms with Crippen LogP contribution in [0.5, 0.6) is 0 Å². The van der Waals surface area contributed by atoms with Gasteiger partial charge in [0.05, 0.1) is 5.52 Å². The Labute approximate surface area is 321 Å². The van der Waals surface area contributed by atoms with Crippen LogP contribution in [0.25, 0.3) is 60.4 Å². The molecule has 7 aromatic rings. The number of nitrogens with zero attached hydrogens (tertiary/aromatic N) is 3. The van der Waals surface area contributed by atoms with Crippen molar-refractivity contribution in [1.82, 2.24) is 14.5 Å². The van der Waals surface area contributed by atoms with E-state index in [4.69, 9.17) is 9.97 Å². The molecule has 5 nitrogen and oxygen atoms in total. The Balaban J connectivity index is 0.000000250. The monoisotopic (exact) mass is 867 g/mol. The van der Waals surface area contributed by atoms with E-state index in [1.807, 2.05) is 54.5 Å². The zero-order valence-electron chi connectivity index (χ0n) is 31.3. The molecule has 6 heteroatoms. The van der Waals surface area contributed by atoms with Crippen LogP contribution >= 0.6 is 0 Å². The zero-order valence-corrected chi connectivity index (χ0v) is 33.6. The van der Waals surface area contributed by atoms with Gasteiger partial charge in [-0.1, -0.05) is 114 Å². The number of ketones is 1. The molecule has 2 heterocycles. The summed E-state index contributed by atoms with van der Waals surface area (Å²) in [5, 5.41) is 17.1. The van der Waals surface area contributed by atoms with Gasteiger partial charge in [-0.3, -0.25) is 14.3 Å². The number of aliphatic hydroxyl groups is 1. The third-order valence-electron chi connectivity index (χ3n) is 11.1. The van der Waals surface area contributed by atoms with E-state index in [0.29, 0.717) is 0 Å². The first kappa shape index (κ1) is 38.6. The number of benzene rings is 5. The summed E-state index contributed by atoms with van der Waals surface area (Å²) in [7, 11) is 0. The summed E-state index contributed by atoms with van der Waals surface area (Å²) in [6.07, 6.45) is 4.75. The molecule has 0 amide bonds. The number of rotatable bonds is 9. The van der Waals surface area contributed by atoms with Crippen LogP contribution in [0.1, 0.15) is 73.1 Å². The van der Waals surface area contributed by atoms with Crippen molar-refractivity contribution in [3.8, 4) is 16.9 Å². The molecule has 0 aliphatic rings. The second-order valence-electron chi connectivity index (χ2n) is 14.1. The molecule has 2 aromatic heterocycles. The molecule has 0 saturated carbocycles. The Morgan fingerprint density at radius 3 is 1.88 bits per heavy atom.